The summed E-state index contributed by atoms with van der Waals surface area (Å²) in [4.78, 5) is 13.9. The van der Waals surface area contributed by atoms with E-state index in [0.29, 0.717) is 12.5 Å². The van der Waals surface area contributed by atoms with Gasteiger partial charge in [-0.05, 0) is 36.5 Å². The van der Waals surface area contributed by atoms with Crippen LogP contribution in [-0.4, -0.2) is 43.7 Å². The molecule has 1 amide bonds. The van der Waals surface area contributed by atoms with Crippen molar-refractivity contribution >= 4 is 5.91 Å². The van der Waals surface area contributed by atoms with Gasteiger partial charge in [0.15, 0.2) is 0 Å². The first-order valence-corrected chi connectivity index (χ1v) is 6.88. The second kappa shape index (κ2) is 6.81. The SMILES string of the molecule is COCC(N)C(=O)N1CCC(Cc2ccc(F)cc2)C1. The number of hydrogen-bond acceptors (Lipinski definition) is 3. The number of halogens is 1. The predicted octanol–water partition coefficient (Wildman–Crippen LogP) is 1.19. The van der Waals surface area contributed by atoms with Crippen molar-refractivity contribution in [3.63, 3.8) is 0 Å². The molecule has 0 aromatic heterocycles. The highest BCUT2D eigenvalue weighted by atomic mass is 19.1. The number of amides is 1. The molecule has 1 saturated heterocycles. The fourth-order valence-corrected chi connectivity index (χ4v) is 2.64. The van der Waals surface area contributed by atoms with Crippen LogP contribution in [-0.2, 0) is 16.0 Å². The molecule has 110 valence electrons. The fraction of sp³-hybridized carbons (Fsp3) is 0.533. The Bertz CT molecular complexity index is 450. The molecule has 2 unspecified atom stereocenters. The van der Waals surface area contributed by atoms with Crippen molar-refractivity contribution in [2.45, 2.75) is 18.9 Å². The third-order valence-electron chi connectivity index (χ3n) is 3.70. The van der Waals surface area contributed by atoms with Crippen LogP contribution in [0.1, 0.15) is 12.0 Å². The van der Waals surface area contributed by atoms with E-state index in [1.807, 2.05) is 0 Å². The number of carbonyl (C=O) groups excluding carboxylic acids is 1. The molecule has 0 aliphatic carbocycles. The van der Waals surface area contributed by atoms with Crippen LogP contribution in [0.2, 0.25) is 0 Å². The first-order chi connectivity index (χ1) is 9.60. The molecule has 5 heteroatoms. The third-order valence-corrected chi connectivity index (χ3v) is 3.70. The second-order valence-electron chi connectivity index (χ2n) is 5.33. The number of likely N-dealkylation sites (tertiary alicyclic amines) is 1. The van der Waals surface area contributed by atoms with Crippen molar-refractivity contribution in [3.05, 3.63) is 35.6 Å². The number of hydrogen-bond donors (Lipinski definition) is 1. The predicted molar refractivity (Wildman–Crippen MR) is 74.6 cm³/mol. The van der Waals surface area contributed by atoms with Crippen LogP contribution >= 0.6 is 0 Å². The maximum atomic E-state index is 12.9. The monoisotopic (exact) mass is 280 g/mol. The Morgan fingerprint density at radius 1 is 1.50 bits per heavy atom. The van der Waals surface area contributed by atoms with E-state index < -0.39 is 6.04 Å². The molecule has 1 aliphatic heterocycles. The first kappa shape index (κ1) is 14.9. The summed E-state index contributed by atoms with van der Waals surface area (Å²) in [5.41, 5.74) is 6.87. The molecular formula is C15H21FN2O2. The zero-order valence-corrected chi connectivity index (χ0v) is 11.7. The summed E-state index contributed by atoms with van der Waals surface area (Å²) >= 11 is 0. The summed E-state index contributed by atoms with van der Waals surface area (Å²) in [7, 11) is 1.54. The van der Waals surface area contributed by atoms with E-state index >= 15 is 0 Å². The van der Waals surface area contributed by atoms with Crippen molar-refractivity contribution in [1.82, 2.24) is 4.90 Å². The van der Waals surface area contributed by atoms with Crippen LogP contribution in [0.5, 0.6) is 0 Å². The summed E-state index contributed by atoms with van der Waals surface area (Å²) in [5.74, 6) is 0.148. The fourth-order valence-electron chi connectivity index (χ4n) is 2.64. The Morgan fingerprint density at radius 3 is 2.85 bits per heavy atom. The number of nitrogens with two attached hydrogens (primary N) is 1. The molecule has 0 bridgehead atoms. The van der Waals surface area contributed by atoms with Gasteiger partial charge in [0.25, 0.3) is 0 Å². The van der Waals surface area contributed by atoms with E-state index in [0.717, 1.165) is 24.9 Å². The van der Waals surface area contributed by atoms with Gasteiger partial charge < -0.3 is 15.4 Å². The lowest BCUT2D eigenvalue weighted by atomic mass is 9.99. The molecule has 4 nitrogen and oxygen atoms in total. The Balaban J connectivity index is 1.86. The smallest absolute Gasteiger partial charge is 0.241 e. The van der Waals surface area contributed by atoms with Crippen molar-refractivity contribution < 1.29 is 13.9 Å². The van der Waals surface area contributed by atoms with Crippen LogP contribution in [0.3, 0.4) is 0 Å². The van der Waals surface area contributed by atoms with Crippen molar-refractivity contribution in [1.29, 1.82) is 0 Å². The highest BCUT2D eigenvalue weighted by Gasteiger charge is 2.29. The average molecular weight is 280 g/mol. The number of rotatable bonds is 5. The summed E-state index contributed by atoms with van der Waals surface area (Å²) in [6.45, 7) is 1.70. The maximum absolute atomic E-state index is 12.9. The average Bonchev–Trinajstić information content (AvgIpc) is 2.89. The van der Waals surface area contributed by atoms with E-state index in [9.17, 15) is 9.18 Å². The molecular weight excluding hydrogens is 259 g/mol. The highest BCUT2D eigenvalue weighted by Crippen LogP contribution is 2.21. The maximum Gasteiger partial charge on any atom is 0.241 e. The molecule has 1 aromatic carbocycles. The number of ether oxygens (including phenoxy) is 1. The van der Waals surface area contributed by atoms with E-state index in [4.69, 9.17) is 10.5 Å². The summed E-state index contributed by atoms with van der Waals surface area (Å²) in [6, 6.07) is 5.97. The minimum atomic E-state index is -0.579. The van der Waals surface area contributed by atoms with E-state index in [2.05, 4.69) is 0 Å². The normalized spacial score (nSPS) is 20.1. The van der Waals surface area contributed by atoms with Crippen LogP contribution in [0.25, 0.3) is 0 Å². The molecule has 20 heavy (non-hydrogen) atoms. The van der Waals surface area contributed by atoms with Gasteiger partial charge >= 0.3 is 0 Å². The summed E-state index contributed by atoms with van der Waals surface area (Å²) in [6.07, 6.45) is 1.83. The first-order valence-electron chi connectivity index (χ1n) is 6.88. The molecule has 0 radical (unpaired) electrons. The van der Waals surface area contributed by atoms with E-state index in [1.54, 1.807) is 17.0 Å². The van der Waals surface area contributed by atoms with Gasteiger partial charge in [-0.3, -0.25) is 4.79 Å². The zero-order valence-electron chi connectivity index (χ0n) is 11.7. The van der Waals surface area contributed by atoms with Crippen molar-refractivity contribution in [2.75, 3.05) is 26.8 Å². The van der Waals surface area contributed by atoms with Gasteiger partial charge in [0.2, 0.25) is 5.91 Å². The van der Waals surface area contributed by atoms with Gasteiger partial charge in [0.1, 0.15) is 11.9 Å². The number of methoxy groups -OCH3 is 1. The van der Waals surface area contributed by atoms with Crippen molar-refractivity contribution in [2.24, 2.45) is 11.7 Å². The Labute approximate surface area is 118 Å². The molecule has 1 fully saturated rings. The number of carbonyl (C=O) groups is 1. The molecule has 1 aliphatic rings. The molecule has 2 rings (SSSR count). The standard InChI is InChI=1S/C15H21FN2O2/c1-20-10-14(17)15(19)18-7-6-12(9-18)8-11-2-4-13(16)5-3-11/h2-5,12,14H,6-10,17H2,1H3. The van der Waals surface area contributed by atoms with Gasteiger partial charge in [0, 0.05) is 20.2 Å². The molecule has 2 N–H and O–H groups in total. The zero-order chi connectivity index (χ0) is 14.5. The number of benzene rings is 1. The Kier molecular flexibility index (Phi) is 5.09. The van der Waals surface area contributed by atoms with Crippen LogP contribution in [0, 0.1) is 11.7 Å². The number of nitrogens with zero attached hydrogens (tertiary/aromatic N) is 1. The minimum absolute atomic E-state index is 0.0477. The topological polar surface area (TPSA) is 55.6 Å². The highest BCUT2D eigenvalue weighted by molar-refractivity contribution is 5.82. The van der Waals surface area contributed by atoms with Gasteiger partial charge in [-0.1, -0.05) is 12.1 Å². The Morgan fingerprint density at radius 2 is 2.20 bits per heavy atom. The second-order valence-corrected chi connectivity index (χ2v) is 5.33. The molecule has 0 saturated carbocycles. The lowest BCUT2D eigenvalue weighted by molar-refractivity contribution is -0.132. The van der Waals surface area contributed by atoms with Gasteiger partial charge in [-0.2, -0.15) is 0 Å². The lowest BCUT2D eigenvalue weighted by Crippen LogP contribution is -2.45. The van der Waals surface area contributed by atoms with E-state index in [-0.39, 0.29) is 18.3 Å². The summed E-state index contributed by atoms with van der Waals surface area (Å²) < 4.78 is 17.8. The van der Waals surface area contributed by atoms with E-state index in [1.165, 1.54) is 19.2 Å². The molecule has 0 spiro atoms. The molecule has 1 aromatic rings. The molecule has 2 atom stereocenters. The van der Waals surface area contributed by atoms with Crippen LogP contribution < -0.4 is 5.73 Å². The van der Waals surface area contributed by atoms with Gasteiger partial charge in [-0.25, -0.2) is 4.39 Å². The molecule has 1 heterocycles. The van der Waals surface area contributed by atoms with Crippen LogP contribution in [0.15, 0.2) is 24.3 Å². The minimum Gasteiger partial charge on any atom is -0.383 e. The quantitative estimate of drug-likeness (QED) is 0.881. The Hall–Kier alpha value is -1.46. The third kappa shape index (κ3) is 3.77. The summed E-state index contributed by atoms with van der Waals surface area (Å²) in [5, 5.41) is 0. The van der Waals surface area contributed by atoms with Crippen LogP contribution in [0.4, 0.5) is 4.39 Å². The van der Waals surface area contributed by atoms with Gasteiger partial charge in [0.05, 0.1) is 6.61 Å². The van der Waals surface area contributed by atoms with Gasteiger partial charge in [-0.15, -0.1) is 0 Å². The van der Waals surface area contributed by atoms with Crippen molar-refractivity contribution in [3.8, 4) is 0 Å². The lowest BCUT2D eigenvalue weighted by Gasteiger charge is -2.20. The largest absolute Gasteiger partial charge is 0.383 e.